The first-order chi connectivity index (χ1) is 24.4. The first-order valence-corrected chi connectivity index (χ1v) is 18.1. The van der Waals surface area contributed by atoms with Gasteiger partial charge in [0.05, 0.1) is 16.8 Å². The molecule has 5 aromatic rings. The second-order valence-electron chi connectivity index (χ2n) is 14.3. The average Bonchev–Trinajstić information content (AvgIpc) is 3.46. The Morgan fingerprint density at radius 1 is 0.608 bits per heavy atom. The lowest BCUT2D eigenvalue weighted by Crippen LogP contribution is -2.33. The number of ketones is 1. The topological polar surface area (TPSA) is 98.7 Å². The normalized spacial score (nSPS) is 13.3. The van der Waals surface area contributed by atoms with Crippen LogP contribution in [0, 0.1) is 5.41 Å². The molecule has 1 amide bonds. The summed E-state index contributed by atoms with van der Waals surface area (Å²) < 4.78 is 0. The van der Waals surface area contributed by atoms with Gasteiger partial charge in [-0.05, 0) is 102 Å². The molecule has 6 nitrogen and oxygen atoms in total. The fourth-order valence-corrected chi connectivity index (χ4v) is 7.43. The summed E-state index contributed by atoms with van der Waals surface area (Å²) in [6, 6.07) is 34.4. The van der Waals surface area contributed by atoms with Crippen molar-refractivity contribution in [2.24, 2.45) is 5.41 Å². The molecule has 0 unspecified atom stereocenters. The van der Waals surface area contributed by atoms with Crippen LogP contribution >= 0.6 is 0 Å². The molecular formula is C45H48N2O4. The van der Waals surface area contributed by atoms with E-state index in [1.165, 1.54) is 0 Å². The average molecular weight is 681 g/mol. The Morgan fingerprint density at radius 3 is 1.63 bits per heavy atom. The summed E-state index contributed by atoms with van der Waals surface area (Å²) in [7, 11) is 0. The van der Waals surface area contributed by atoms with Crippen LogP contribution in [0.15, 0.2) is 109 Å². The van der Waals surface area contributed by atoms with Gasteiger partial charge in [0.25, 0.3) is 5.91 Å². The van der Waals surface area contributed by atoms with Gasteiger partial charge in [0, 0.05) is 22.1 Å². The predicted octanol–water partition coefficient (Wildman–Crippen LogP) is 10.7. The van der Waals surface area contributed by atoms with Gasteiger partial charge in [-0.3, -0.25) is 9.59 Å². The van der Waals surface area contributed by atoms with E-state index in [0.29, 0.717) is 29.7 Å². The molecular weight excluding hydrogens is 633 g/mol. The highest BCUT2D eigenvalue weighted by atomic mass is 16.3. The lowest BCUT2D eigenvalue weighted by Gasteiger charge is -2.35. The van der Waals surface area contributed by atoms with Gasteiger partial charge in [-0.1, -0.05) is 107 Å². The van der Waals surface area contributed by atoms with Crippen LogP contribution in [0.1, 0.15) is 110 Å². The molecule has 6 heteroatoms. The van der Waals surface area contributed by atoms with E-state index in [9.17, 15) is 19.8 Å². The number of carbonyl (C=O) groups is 2. The summed E-state index contributed by atoms with van der Waals surface area (Å²) >= 11 is 0. The number of nitrogens with one attached hydrogen (secondary N) is 2. The maximum absolute atomic E-state index is 13.5. The number of benzene rings is 5. The molecule has 5 aromatic carbocycles. The molecule has 0 saturated carbocycles. The van der Waals surface area contributed by atoms with E-state index in [2.05, 4.69) is 61.7 Å². The second-order valence-corrected chi connectivity index (χ2v) is 14.3. The van der Waals surface area contributed by atoms with Gasteiger partial charge in [0.2, 0.25) is 0 Å². The molecule has 262 valence electrons. The first-order valence-electron chi connectivity index (χ1n) is 18.1. The van der Waals surface area contributed by atoms with Crippen molar-refractivity contribution in [1.82, 2.24) is 0 Å². The molecule has 0 aromatic heterocycles. The number of amides is 1. The molecule has 4 N–H and O–H groups in total. The Bertz CT molecular complexity index is 2060. The third-order valence-corrected chi connectivity index (χ3v) is 11.6. The van der Waals surface area contributed by atoms with Crippen LogP contribution in [-0.2, 0) is 5.41 Å². The van der Waals surface area contributed by atoms with E-state index in [0.717, 1.165) is 46.2 Å². The van der Waals surface area contributed by atoms with Crippen LogP contribution in [0.2, 0.25) is 0 Å². The van der Waals surface area contributed by atoms with Crippen molar-refractivity contribution in [3.63, 3.8) is 0 Å². The maximum Gasteiger partial charge on any atom is 0.255 e. The third-order valence-electron chi connectivity index (χ3n) is 11.6. The zero-order valence-electron chi connectivity index (χ0n) is 30.4. The number of Topliss-reactive ketones (excluding diaryl/α,β-unsaturated/α-hetero) is 1. The van der Waals surface area contributed by atoms with Crippen molar-refractivity contribution < 1.29 is 19.8 Å². The van der Waals surface area contributed by atoms with Crippen LogP contribution in [-0.4, -0.2) is 27.4 Å². The Morgan fingerprint density at radius 2 is 1.12 bits per heavy atom. The fraction of sp³-hybridized carbons (Fsp3) is 0.289. The van der Waals surface area contributed by atoms with Gasteiger partial charge >= 0.3 is 0 Å². The Balaban J connectivity index is 1.43. The number of phenolic OH excluding ortho intramolecular Hbond substituents is 2. The van der Waals surface area contributed by atoms with Gasteiger partial charge in [-0.15, -0.1) is 0 Å². The second kappa shape index (κ2) is 13.7. The Kier molecular flexibility index (Phi) is 9.56. The monoisotopic (exact) mass is 680 g/mol. The standard InChI is InChI=1S/C45H48N2O4/c1-7-43(5,8-2)41(50)29-16-15-17-30(26-29)42(51)46-37-24-22-31(27-39(37)48)45(32-23-25-38(40(49)28-32)47-44(6,9-3)10-4)35-20-13-11-18-33(35)34-19-12-14-21-36(34)45/h11-28,47-49H,7-10H2,1-6H3,(H,46,51). The van der Waals surface area contributed by atoms with E-state index in [4.69, 9.17) is 0 Å². The van der Waals surface area contributed by atoms with Crippen molar-refractivity contribution in [2.45, 2.75) is 78.2 Å². The molecule has 0 radical (unpaired) electrons. The minimum atomic E-state index is -0.873. The number of hydrogen-bond acceptors (Lipinski definition) is 5. The number of fused-ring (bicyclic) bond motifs is 3. The highest BCUT2D eigenvalue weighted by Gasteiger charge is 2.46. The SMILES string of the molecule is CCC(C)(CC)Nc1ccc(C2(c3ccc(NC(=O)c4cccc(C(=O)C(C)(CC)CC)c4)c(O)c3)c3ccccc3-c3ccccc32)cc1O. The van der Waals surface area contributed by atoms with E-state index in [-0.39, 0.29) is 28.5 Å². The number of anilines is 2. The quantitative estimate of drug-likeness (QED) is 0.0762. The summed E-state index contributed by atoms with van der Waals surface area (Å²) in [6.07, 6.45) is 3.21. The van der Waals surface area contributed by atoms with Gasteiger partial charge < -0.3 is 20.8 Å². The van der Waals surface area contributed by atoms with E-state index < -0.39 is 16.7 Å². The highest BCUT2D eigenvalue weighted by Crippen LogP contribution is 2.57. The lowest BCUT2D eigenvalue weighted by atomic mass is 9.67. The smallest absolute Gasteiger partial charge is 0.255 e. The summed E-state index contributed by atoms with van der Waals surface area (Å²) in [4.78, 5) is 26.9. The minimum Gasteiger partial charge on any atom is -0.506 e. The Labute approximate surface area is 301 Å². The molecule has 0 aliphatic heterocycles. The molecule has 0 spiro atoms. The molecule has 0 atom stereocenters. The van der Waals surface area contributed by atoms with Crippen molar-refractivity contribution in [2.75, 3.05) is 10.6 Å². The van der Waals surface area contributed by atoms with E-state index in [1.54, 1.807) is 36.4 Å². The number of phenols is 2. The zero-order chi connectivity index (χ0) is 36.6. The molecule has 0 heterocycles. The molecule has 51 heavy (non-hydrogen) atoms. The van der Waals surface area contributed by atoms with Gasteiger partial charge in [0.1, 0.15) is 11.5 Å². The van der Waals surface area contributed by atoms with Crippen LogP contribution in [0.4, 0.5) is 11.4 Å². The van der Waals surface area contributed by atoms with Gasteiger partial charge in [-0.2, -0.15) is 0 Å². The molecule has 1 aliphatic rings. The molecule has 0 saturated heterocycles. The number of rotatable bonds is 12. The van der Waals surface area contributed by atoms with Crippen molar-refractivity contribution in [3.8, 4) is 22.6 Å². The number of hydrogen-bond donors (Lipinski definition) is 4. The minimum absolute atomic E-state index is 0.0105. The van der Waals surface area contributed by atoms with Crippen LogP contribution in [0.3, 0.4) is 0 Å². The van der Waals surface area contributed by atoms with E-state index in [1.807, 2.05) is 63.2 Å². The number of carbonyl (C=O) groups excluding carboxylic acids is 2. The summed E-state index contributed by atoms with van der Waals surface area (Å²) in [5, 5.41) is 29.5. The molecule has 0 fully saturated rings. The molecule has 0 bridgehead atoms. The maximum atomic E-state index is 13.5. The fourth-order valence-electron chi connectivity index (χ4n) is 7.43. The van der Waals surface area contributed by atoms with Crippen molar-refractivity contribution in [1.29, 1.82) is 0 Å². The van der Waals surface area contributed by atoms with Crippen LogP contribution in [0.5, 0.6) is 11.5 Å². The van der Waals surface area contributed by atoms with Gasteiger partial charge in [-0.25, -0.2) is 0 Å². The van der Waals surface area contributed by atoms with E-state index >= 15 is 0 Å². The zero-order valence-corrected chi connectivity index (χ0v) is 30.4. The first kappa shape index (κ1) is 35.5. The Hall–Kier alpha value is -5.36. The van der Waals surface area contributed by atoms with Gasteiger partial charge in [0.15, 0.2) is 5.78 Å². The van der Waals surface area contributed by atoms with Crippen LogP contribution in [0.25, 0.3) is 11.1 Å². The van der Waals surface area contributed by atoms with Crippen LogP contribution < -0.4 is 10.6 Å². The number of aromatic hydroxyl groups is 2. The molecule has 1 aliphatic carbocycles. The third kappa shape index (κ3) is 6.07. The summed E-state index contributed by atoms with van der Waals surface area (Å²) in [6.45, 7) is 12.4. The van der Waals surface area contributed by atoms with Crippen molar-refractivity contribution >= 4 is 23.1 Å². The summed E-state index contributed by atoms with van der Waals surface area (Å²) in [5.41, 5.74) is 6.05. The molecule has 6 rings (SSSR count). The predicted molar refractivity (Wildman–Crippen MR) is 207 cm³/mol. The highest BCUT2D eigenvalue weighted by molar-refractivity contribution is 6.08. The lowest BCUT2D eigenvalue weighted by molar-refractivity contribution is 0.0802. The summed E-state index contributed by atoms with van der Waals surface area (Å²) in [5.74, 6) is -0.360. The van der Waals surface area contributed by atoms with Crippen molar-refractivity contribution in [3.05, 3.63) is 143 Å². The largest absolute Gasteiger partial charge is 0.506 e.